The maximum atomic E-state index is 12.1. The van der Waals surface area contributed by atoms with Gasteiger partial charge in [0.05, 0.1) is 5.56 Å². The van der Waals surface area contributed by atoms with E-state index in [-0.39, 0.29) is 5.84 Å². The lowest BCUT2D eigenvalue weighted by Crippen LogP contribution is -2.13. The van der Waals surface area contributed by atoms with Gasteiger partial charge in [0.2, 0.25) is 0 Å². The second-order valence-corrected chi connectivity index (χ2v) is 5.11. The summed E-state index contributed by atoms with van der Waals surface area (Å²) in [5.74, 6) is 0.119. The highest BCUT2D eigenvalue weighted by molar-refractivity contribution is 7.16. The van der Waals surface area contributed by atoms with Gasteiger partial charge in [0.15, 0.2) is 0 Å². The number of rotatable bonds is 5. The first-order valence-electron chi connectivity index (χ1n) is 6.56. The van der Waals surface area contributed by atoms with E-state index in [2.05, 4.69) is 9.24 Å². The maximum absolute atomic E-state index is 12.1. The summed E-state index contributed by atoms with van der Waals surface area (Å²) in [5, 5.41) is 7.48. The van der Waals surface area contributed by atoms with Gasteiger partial charge in [-0.1, -0.05) is 18.2 Å². The van der Waals surface area contributed by atoms with Crippen molar-refractivity contribution in [1.29, 1.82) is 5.41 Å². The number of carbonyl (C=O) groups excluding carboxylic acids is 1. The van der Waals surface area contributed by atoms with E-state index in [0.717, 1.165) is 18.1 Å². The summed E-state index contributed by atoms with van der Waals surface area (Å²) in [7, 11) is 2.63. The summed E-state index contributed by atoms with van der Waals surface area (Å²) in [6.45, 7) is 0. The van der Waals surface area contributed by atoms with E-state index in [4.69, 9.17) is 15.9 Å². The van der Waals surface area contributed by atoms with Crippen LogP contribution in [0.3, 0.4) is 0 Å². The van der Waals surface area contributed by atoms with Crippen LogP contribution in [0.1, 0.15) is 21.5 Å². The van der Waals surface area contributed by atoms with Crippen molar-refractivity contribution >= 4 is 21.0 Å². The minimum Gasteiger partial charge on any atom is -0.423 e. The molecule has 2 aromatic carbocycles. The van der Waals surface area contributed by atoms with E-state index in [1.165, 1.54) is 0 Å². The van der Waals surface area contributed by atoms with Crippen LogP contribution in [0.25, 0.3) is 0 Å². The SMILES string of the molecule is N=C(N)c1ccc(OC(=O)c2ccccc2)c(CCP)c1. The van der Waals surface area contributed by atoms with Crippen LogP contribution in [0, 0.1) is 5.41 Å². The van der Waals surface area contributed by atoms with Gasteiger partial charge in [-0.05, 0) is 48.5 Å². The molecule has 0 heterocycles. The van der Waals surface area contributed by atoms with Crippen LogP contribution in [0.4, 0.5) is 0 Å². The van der Waals surface area contributed by atoms with E-state index in [9.17, 15) is 4.79 Å². The van der Waals surface area contributed by atoms with Crippen molar-refractivity contribution in [2.45, 2.75) is 6.42 Å². The molecule has 0 aromatic heterocycles. The molecule has 4 nitrogen and oxygen atoms in total. The molecule has 0 aliphatic rings. The second-order valence-electron chi connectivity index (χ2n) is 4.53. The highest BCUT2D eigenvalue weighted by atomic mass is 31.0. The van der Waals surface area contributed by atoms with E-state index in [1.807, 2.05) is 6.07 Å². The molecule has 2 aromatic rings. The molecule has 1 unspecified atom stereocenters. The van der Waals surface area contributed by atoms with Crippen molar-refractivity contribution in [1.82, 2.24) is 0 Å². The molecule has 2 rings (SSSR count). The normalized spacial score (nSPS) is 10.1. The van der Waals surface area contributed by atoms with Gasteiger partial charge in [-0.15, -0.1) is 9.24 Å². The number of carbonyl (C=O) groups is 1. The molecule has 3 N–H and O–H groups in total. The molecule has 1 atom stereocenters. The minimum absolute atomic E-state index is 0.000872. The van der Waals surface area contributed by atoms with Gasteiger partial charge in [0, 0.05) is 5.56 Å². The van der Waals surface area contributed by atoms with E-state index < -0.39 is 5.97 Å². The highest BCUT2D eigenvalue weighted by Crippen LogP contribution is 2.22. The number of nitrogens with one attached hydrogen (secondary N) is 1. The van der Waals surface area contributed by atoms with E-state index in [0.29, 0.717) is 16.9 Å². The first-order valence-corrected chi connectivity index (χ1v) is 7.38. The van der Waals surface area contributed by atoms with Crippen molar-refractivity contribution in [3.05, 3.63) is 65.2 Å². The predicted octanol–water partition coefficient (Wildman–Crippen LogP) is 2.61. The van der Waals surface area contributed by atoms with Crippen LogP contribution in [0.2, 0.25) is 0 Å². The predicted molar refractivity (Wildman–Crippen MR) is 87.1 cm³/mol. The fourth-order valence-corrected chi connectivity index (χ4v) is 2.24. The van der Waals surface area contributed by atoms with Crippen molar-refractivity contribution in [2.24, 2.45) is 5.73 Å². The molecule has 5 heteroatoms. The molecule has 108 valence electrons. The highest BCUT2D eigenvalue weighted by Gasteiger charge is 2.12. The molecule has 0 saturated carbocycles. The van der Waals surface area contributed by atoms with Crippen molar-refractivity contribution in [3.63, 3.8) is 0 Å². The van der Waals surface area contributed by atoms with Crippen molar-refractivity contribution < 1.29 is 9.53 Å². The Hall–Kier alpha value is -2.19. The van der Waals surface area contributed by atoms with Gasteiger partial charge >= 0.3 is 5.97 Å². The molecular formula is C16H17N2O2P. The Kier molecular flexibility index (Phi) is 5.07. The summed E-state index contributed by atoms with van der Waals surface area (Å²) in [4.78, 5) is 12.1. The Morgan fingerprint density at radius 2 is 1.86 bits per heavy atom. The van der Waals surface area contributed by atoms with Gasteiger partial charge in [0.25, 0.3) is 0 Å². The first kappa shape index (κ1) is 15.2. The summed E-state index contributed by atoms with van der Waals surface area (Å²) in [6, 6.07) is 14.0. The van der Waals surface area contributed by atoms with Gasteiger partial charge < -0.3 is 10.5 Å². The molecule has 0 spiro atoms. The van der Waals surface area contributed by atoms with Crippen LogP contribution < -0.4 is 10.5 Å². The van der Waals surface area contributed by atoms with E-state index in [1.54, 1.807) is 42.5 Å². The third-order valence-corrected chi connectivity index (χ3v) is 3.29. The standard InChI is InChI=1S/C16H17N2O2P/c17-15(18)13-6-7-14(12(10-13)8-9-21)20-16(19)11-4-2-1-3-5-11/h1-7,10H,8-9,21H2,(H3,17,18). The number of hydrogen-bond donors (Lipinski definition) is 2. The molecule has 0 aliphatic heterocycles. The molecule has 0 saturated heterocycles. The Morgan fingerprint density at radius 3 is 2.48 bits per heavy atom. The molecule has 0 amide bonds. The second kappa shape index (κ2) is 7.00. The number of nitrogen functional groups attached to an aromatic ring is 1. The summed E-state index contributed by atoms with van der Waals surface area (Å²) in [5.41, 5.74) is 7.49. The summed E-state index contributed by atoms with van der Waals surface area (Å²) in [6.07, 6.45) is 1.56. The quantitative estimate of drug-likeness (QED) is 0.293. The number of esters is 1. The average molecular weight is 300 g/mol. The molecule has 0 bridgehead atoms. The van der Waals surface area contributed by atoms with Gasteiger partial charge in [-0.3, -0.25) is 5.41 Å². The number of ether oxygens (including phenoxy) is 1. The minimum atomic E-state index is -0.392. The average Bonchev–Trinajstić information content (AvgIpc) is 2.50. The smallest absolute Gasteiger partial charge is 0.343 e. The molecule has 21 heavy (non-hydrogen) atoms. The van der Waals surface area contributed by atoms with Crippen LogP contribution in [-0.2, 0) is 6.42 Å². The van der Waals surface area contributed by atoms with Crippen LogP contribution in [0.5, 0.6) is 5.75 Å². The molecule has 0 aliphatic carbocycles. The molecule has 0 radical (unpaired) electrons. The lowest BCUT2D eigenvalue weighted by atomic mass is 10.1. The Bertz CT molecular complexity index is 657. The lowest BCUT2D eigenvalue weighted by molar-refractivity contribution is 0.0733. The van der Waals surface area contributed by atoms with Gasteiger partial charge in [-0.2, -0.15) is 0 Å². The third kappa shape index (κ3) is 3.89. The number of nitrogens with two attached hydrogens (primary N) is 1. The monoisotopic (exact) mass is 300 g/mol. The summed E-state index contributed by atoms with van der Waals surface area (Å²) >= 11 is 0. The van der Waals surface area contributed by atoms with E-state index >= 15 is 0 Å². The van der Waals surface area contributed by atoms with Crippen molar-refractivity contribution in [2.75, 3.05) is 6.16 Å². The Morgan fingerprint density at radius 1 is 1.14 bits per heavy atom. The first-order chi connectivity index (χ1) is 10.1. The van der Waals surface area contributed by atoms with Crippen LogP contribution in [0.15, 0.2) is 48.5 Å². The number of aryl methyl sites for hydroxylation is 1. The zero-order valence-electron chi connectivity index (χ0n) is 11.5. The number of benzene rings is 2. The molecular weight excluding hydrogens is 283 g/mol. The summed E-state index contributed by atoms with van der Waals surface area (Å²) < 4.78 is 5.46. The Labute approximate surface area is 126 Å². The maximum Gasteiger partial charge on any atom is 0.343 e. The van der Waals surface area contributed by atoms with Crippen LogP contribution >= 0.6 is 9.24 Å². The van der Waals surface area contributed by atoms with Crippen LogP contribution in [-0.4, -0.2) is 18.0 Å². The number of hydrogen-bond acceptors (Lipinski definition) is 3. The third-order valence-electron chi connectivity index (χ3n) is 3.00. The number of amidine groups is 1. The Balaban J connectivity index is 2.26. The van der Waals surface area contributed by atoms with Gasteiger partial charge in [0.1, 0.15) is 11.6 Å². The van der Waals surface area contributed by atoms with Gasteiger partial charge in [-0.25, -0.2) is 4.79 Å². The zero-order chi connectivity index (χ0) is 15.2. The fourth-order valence-electron chi connectivity index (χ4n) is 1.93. The fraction of sp³-hybridized carbons (Fsp3) is 0.125. The zero-order valence-corrected chi connectivity index (χ0v) is 12.7. The van der Waals surface area contributed by atoms with Crippen molar-refractivity contribution in [3.8, 4) is 5.75 Å². The largest absolute Gasteiger partial charge is 0.423 e. The molecule has 0 fully saturated rings. The topological polar surface area (TPSA) is 76.2 Å². The lowest BCUT2D eigenvalue weighted by Gasteiger charge is -2.11.